The summed E-state index contributed by atoms with van der Waals surface area (Å²) in [5, 5.41) is 0.271. The Bertz CT molecular complexity index is 391. The summed E-state index contributed by atoms with van der Waals surface area (Å²) in [4.78, 5) is 11.9. The first-order valence-corrected chi connectivity index (χ1v) is 5.37. The third-order valence-electron chi connectivity index (χ3n) is 2.31. The van der Waals surface area contributed by atoms with Crippen LogP contribution in [0.15, 0.2) is 18.2 Å². The quantitative estimate of drug-likeness (QED) is 0.760. The fourth-order valence-electron chi connectivity index (χ4n) is 1.52. The molecule has 0 spiro atoms. The first-order valence-electron chi connectivity index (χ1n) is 4.99. The van der Waals surface area contributed by atoms with Gasteiger partial charge in [-0.3, -0.25) is 4.79 Å². The van der Waals surface area contributed by atoms with Crippen LogP contribution >= 0.6 is 11.6 Å². The molecule has 4 heteroatoms. The SMILES string of the molecule is COC(C(=O)c1ccc(Cl)cc1F)C(C)C. The second kappa shape index (κ2) is 5.41. The molecule has 0 heterocycles. The maximum Gasteiger partial charge on any atom is 0.194 e. The standard InChI is InChI=1S/C12H14ClFO2/c1-7(2)12(16-3)11(15)9-5-4-8(13)6-10(9)14/h4-7,12H,1-3H3. The van der Waals surface area contributed by atoms with Crippen LogP contribution in [0, 0.1) is 11.7 Å². The van der Waals surface area contributed by atoms with E-state index in [4.69, 9.17) is 16.3 Å². The lowest BCUT2D eigenvalue weighted by Crippen LogP contribution is -2.29. The van der Waals surface area contributed by atoms with Crippen molar-refractivity contribution >= 4 is 17.4 Å². The summed E-state index contributed by atoms with van der Waals surface area (Å²) in [6.45, 7) is 3.69. The Labute approximate surface area is 99.4 Å². The van der Waals surface area contributed by atoms with Crippen LogP contribution in [0.25, 0.3) is 0 Å². The average molecular weight is 245 g/mol. The summed E-state index contributed by atoms with van der Waals surface area (Å²) in [5.74, 6) is -0.973. The number of hydrogen-bond donors (Lipinski definition) is 0. The molecule has 1 atom stereocenters. The van der Waals surface area contributed by atoms with E-state index in [1.807, 2.05) is 13.8 Å². The largest absolute Gasteiger partial charge is 0.373 e. The zero-order chi connectivity index (χ0) is 12.3. The van der Waals surface area contributed by atoms with E-state index in [1.54, 1.807) is 0 Å². The number of halogens is 2. The number of rotatable bonds is 4. The van der Waals surface area contributed by atoms with Gasteiger partial charge >= 0.3 is 0 Å². The summed E-state index contributed by atoms with van der Waals surface area (Å²) in [6, 6.07) is 4.00. The van der Waals surface area contributed by atoms with Gasteiger partial charge in [-0.05, 0) is 24.1 Å². The number of hydrogen-bond acceptors (Lipinski definition) is 2. The topological polar surface area (TPSA) is 26.3 Å². The minimum Gasteiger partial charge on any atom is -0.373 e. The second-order valence-corrected chi connectivity index (χ2v) is 4.33. The second-order valence-electron chi connectivity index (χ2n) is 3.89. The van der Waals surface area contributed by atoms with Crippen LogP contribution < -0.4 is 0 Å². The van der Waals surface area contributed by atoms with Gasteiger partial charge in [0, 0.05) is 12.1 Å². The smallest absolute Gasteiger partial charge is 0.194 e. The normalized spacial score (nSPS) is 12.9. The molecule has 0 saturated heterocycles. The van der Waals surface area contributed by atoms with E-state index in [0.717, 1.165) is 6.07 Å². The highest BCUT2D eigenvalue weighted by Crippen LogP contribution is 2.19. The first-order chi connectivity index (χ1) is 7.47. The van der Waals surface area contributed by atoms with E-state index in [-0.39, 0.29) is 22.3 Å². The maximum atomic E-state index is 13.5. The number of methoxy groups -OCH3 is 1. The molecule has 0 aliphatic rings. The van der Waals surface area contributed by atoms with Crippen molar-refractivity contribution in [1.82, 2.24) is 0 Å². The zero-order valence-electron chi connectivity index (χ0n) is 9.46. The van der Waals surface area contributed by atoms with Crippen molar-refractivity contribution in [2.24, 2.45) is 5.92 Å². The fourth-order valence-corrected chi connectivity index (χ4v) is 1.68. The third-order valence-corrected chi connectivity index (χ3v) is 2.55. The Morgan fingerprint density at radius 2 is 2.06 bits per heavy atom. The first kappa shape index (κ1) is 13.1. The van der Waals surface area contributed by atoms with Gasteiger partial charge in [-0.2, -0.15) is 0 Å². The molecule has 1 aromatic rings. The lowest BCUT2D eigenvalue weighted by Gasteiger charge is -2.18. The molecule has 16 heavy (non-hydrogen) atoms. The Kier molecular flexibility index (Phi) is 4.44. The van der Waals surface area contributed by atoms with E-state index >= 15 is 0 Å². The van der Waals surface area contributed by atoms with Crippen LogP contribution in [0.2, 0.25) is 5.02 Å². The molecule has 0 fully saturated rings. The third kappa shape index (κ3) is 2.80. The molecule has 0 saturated carbocycles. The molecular weight excluding hydrogens is 231 g/mol. The maximum absolute atomic E-state index is 13.5. The Balaban J connectivity index is 3.04. The monoisotopic (exact) mass is 244 g/mol. The van der Waals surface area contributed by atoms with Crippen molar-refractivity contribution in [3.05, 3.63) is 34.6 Å². The molecule has 1 unspecified atom stereocenters. The van der Waals surface area contributed by atoms with Gasteiger partial charge in [0.05, 0.1) is 5.56 Å². The summed E-state index contributed by atoms with van der Waals surface area (Å²) in [5.41, 5.74) is 0.0185. The molecule has 0 bridgehead atoms. The van der Waals surface area contributed by atoms with Gasteiger partial charge < -0.3 is 4.74 Å². The highest BCUT2D eigenvalue weighted by molar-refractivity contribution is 6.30. The Morgan fingerprint density at radius 3 is 2.50 bits per heavy atom. The number of Topliss-reactive ketones (excluding diaryl/α,β-unsaturated/α-hetero) is 1. The molecular formula is C12H14ClFO2. The molecule has 0 radical (unpaired) electrons. The van der Waals surface area contributed by atoms with Gasteiger partial charge in [0.2, 0.25) is 0 Å². The van der Waals surface area contributed by atoms with Gasteiger partial charge in [-0.1, -0.05) is 25.4 Å². The molecule has 0 aromatic heterocycles. The Hall–Kier alpha value is -0.930. The van der Waals surface area contributed by atoms with Crippen molar-refractivity contribution in [2.75, 3.05) is 7.11 Å². The van der Waals surface area contributed by atoms with Crippen molar-refractivity contribution in [2.45, 2.75) is 20.0 Å². The fraction of sp³-hybridized carbons (Fsp3) is 0.417. The molecule has 1 rings (SSSR count). The lowest BCUT2D eigenvalue weighted by atomic mass is 9.97. The number of benzene rings is 1. The van der Waals surface area contributed by atoms with Gasteiger partial charge in [0.25, 0.3) is 0 Å². The average Bonchev–Trinajstić information content (AvgIpc) is 2.17. The van der Waals surface area contributed by atoms with E-state index in [9.17, 15) is 9.18 Å². The van der Waals surface area contributed by atoms with E-state index < -0.39 is 11.9 Å². The highest BCUT2D eigenvalue weighted by Gasteiger charge is 2.25. The highest BCUT2D eigenvalue weighted by atomic mass is 35.5. The number of carbonyl (C=O) groups is 1. The van der Waals surface area contributed by atoms with Crippen LogP contribution in [0.5, 0.6) is 0 Å². The van der Waals surface area contributed by atoms with E-state index in [2.05, 4.69) is 0 Å². The predicted octanol–water partition coefficient (Wildman–Crippen LogP) is 3.33. The van der Waals surface area contributed by atoms with Crippen LogP contribution in [0.3, 0.4) is 0 Å². The van der Waals surface area contributed by atoms with E-state index in [1.165, 1.54) is 19.2 Å². The van der Waals surface area contributed by atoms with Crippen molar-refractivity contribution < 1.29 is 13.9 Å². The summed E-state index contributed by atoms with van der Waals surface area (Å²) < 4.78 is 18.6. The summed E-state index contributed by atoms with van der Waals surface area (Å²) in [7, 11) is 1.44. The van der Waals surface area contributed by atoms with E-state index in [0.29, 0.717) is 0 Å². The predicted molar refractivity (Wildman–Crippen MR) is 61.4 cm³/mol. The minimum absolute atomic E-state index is 0.00687. The summed E-state index contributed by atoms with van der Waals surface area (Å²) in [6.07, 6.45) is -0.629. The zero-order valence-corrected chi connectivity index (χ0v) is 10.2. The minimum atomic E-state index is -0.629. The van der Waals surface area contributed by atoms with Crippen LogP contribution in [-0.4, -0.2) is 19.0 Å². The molecule has 1 aromatic carbocycles. The molecule has 2 nitrogen and oxygen atoms in total. The van der Waals surface area contributed by atoms with Crippen LogP contribution in [0.4, 0.5) is 4.39 Å². The Morgan fingerprint density at radius 1 is 1.44 bits per heavy atom. The van der Waals surface area contributed by atoms with Crippen LogP contribution in [-0.2, 0) is 4.74 Å². The molecule has 0 N–H and O–H groups in total. The van der Waals surface area contributed by atoms with Crippen molar-refractivity contribution in [1.29, 1.82) is 0 Å². The number of carbonyl (C=O) groups excluding carboxylic acids is 1. The van der Waals surface area contributed by atoms with Crippen molar-refractivity contribution in [3.63, 3.8) is 0 Å². The molecule has 0 aliphatic heterocycles. The van der Waals surface area contributed by atoms with Crippen molar-refractivity contribution in [3.8, 4) is 0 Å². The number of ether oxygens (including phenoxy) is 1. The number of ketones is 1. The molecule has 0 amide bonds. The molecule has 88 valence electrons. The van der Waals surface area contributed by atoms with Gasteiger partial charge in [0.15, 0.2) is 5.78 Å². The van der Waals surface area contributed by atoms with Gasteiger partial charge in [-0.15, -0.1) is 0 Å². The van der Waals surface area contributed by atoms with Gasteiger partial charge in [-0.25, -0.2) is 4.39 Å². The lowest BCUT2D eigenvalue weighted by molar-refractivity contribution is 0.0455. The van der Waals surface area contributed by atoms with Gasteiger partial charge in [0.1, 0.15) is 11.9 Å². The summed E-state index contributed by atoms with van der Waals surface area (Å²) >= 11 is 5.62. The van der Waals surface area contributed by atoms with Crippen LogP contribution in [0.1, 0.15) is 24.2 Å². The molecule has 0 aliphatic carbocycles.